The van der Waals surface area contributed by atoms with Crippen LogP contribution in [0.3, 0.4) is 0 Å². The van der Waals surface area contributed by atoms with Gasteiger partial charge in [-0.15, -0.1) is 0 Å². The minimum Gasteiger partial charge on any atom is -0.490 e. The molecule has 0 bridgehead atoms. The number of primary amides is 1. The monoisotopic (exact) mass is 268 g/mol. The van der Waals surface area contributed by atoms with Crippen molar-refractivity contribution in [1.82, 2.24) is 0 Å². The summed E-state index contributed by atoms with van der Waals surface area (Å²) in [5, 5.41) is 0.326. The van der Waals surface area contributed by atoms with Gasteiger partial charge in [-0.05, 0) is 37.8 Å². The van der Waals surface area contributed by atoms with E-state index in [0.717, 1.165) is 25.7 Å². The van der Waals surface area contributed by atoms with Crippen LogP contribution in [0.1, 0.15) is 36.0 Å². The van der Waals surface area contributed by atoms with E-state index in [2.05, 4.69) is 0 Å². The Hall–Kier alpha value is -1.26. The van der Waals surface area contributed by atoms with E-state index in [0.29, 0.717) is 10.8 Å². The molecule has 1 saturated carbocycles. The normalized spacial score (nSPS) is 23.7. The number of hydrogen-bond donors (Lipinski definition) is 2. The topological polar surface area (TPSA) is 78.3 Å². The SMILES string of the molecule is NC(=O)c1c(Cl)cccc1OC1CCC(N)CC1. The molecule has 98 valence electrons. The second kappa shape index (κ2) is 5.59. The number of carbonyl (C=O) groups is 1. The Bertz CT molecular complexity index is 443. The van der Waals surface area contributed by atoms with Crippen molar-refractivity contribution in [2.24, 2.45) is 11.5 Å². The van der Waals surface area contributed by atoms with Crippen LogP contribution in [-0.2, 0) is 0 Å². The molecule has 0 saturated heterocycles. The molecule has 1 aliphatic carbocycles. The van der Waals surface area contributed by atoms with Crippen LogP contribution in [0.4, 0.5) is 0 Å². The van der Waals surface area contributed by atoms with E-state index in [-0.39, 0.29) is 17.7 Å². The van der Waals surface area contributed by atoms with Crippen LogP contribution >= 0.6 is 11.6 Å². The summed E-state index contributed by atoms with van der Waals surface area (Å²) in [4.78, 5) is 11.4. The zero-order chi connectivity index (χ0) is 13.1. The minimum atomic E-state index is -0.567. The van der Waals surface area contributed by atoms with Gasteiger partial charge in [-0.2, -0.15) is 0 Å². The molecular weight excluding hydrogens is 252 g/mol. The van der Waals surface area contributed by atoms with Gasteiger partial charge >= 0.3 is 0 Å². The summed E-state index contributed by atoms with van der Waals surface area (Å²) in [6.45, 7) is 0. The molecule has 4 nitrogen and oxygen atoms in total. The maximum absolute atomic E-state index is 11.4. The number of hydrogen-bond acceptors (Lipinski definition) is 3. The fraction of sp³-hybridized carbons (Fsp3) is 0.462. The molecule has 1 aromatic rings. The molecule has 1 fully saturated rings. The molecule has 0 atom stereocenters. The standard InChI is InChI=1S/C13H17ClN2O2/c14-10-2-1-3-11(12(10)13(16)17)18-9-6-4-8(15)5-7-9/h1-3,8-9H,4-7,15H2,(H2,16,17). The first-order chi connectivity index (χ1) is 8.58. The molecule has 1 aliphatic rings. The van der Waals surface area contributed by atoms with Crippen LogP contribution in [0, 0.1) is 0 Å². The van der Waals surface area contributed by atoms with Crippen molar-refractivity contribution in [3.05, 3.63) is 28.8 Å². The van der Waals surface area contributed by atoms with Gasteiger partial charge in [0.15, 0.2) is 0 Å². The number of rotatable bonds is 3. The fourth-order valence-electron chi connectivity index (χ4n) is 2.23. The lowest BCUT2D eigenvalue weighted by atomic mass is 9.93. The summed E-state index contributed by atoms with van der Waals surface area (Å²) >= 11 is 5.96. The molecule has 0 spiro atoms. The fourth-order valence-corrected chi connectivity index (χ4v) is 2.49. The third-order valence-electron chi connectivity index (χ3n) is 3.23. The average Bonchev–Trinajstić information content (AvgIpc) is 2.32. The summed E-state index contributed by atoms with van der Waals surface area (Å²) in [6, 6.07) is 5.37. The molecule has 1 aromatic carbocycles. The molecular formula is C13H17ClN2O2. The van der Waals surface area contributed by atoms with E-state index in [4.69, 9.17) is 27.8 Å². The Balaban J connectivity index is 2.14. The first kappa shape index (κ1) is 13.2. The molecule has 5 heteroatoms. The second-order valence-corrected chi connectivity index (χ2v) is 5.04. The van der Waals surface area contributed by atoms with Gasteiger partial charge in [0.25, 0.3) is 5.91 Å². The van der Waals surface area contributed by atoms with Crippen molar-refractivity contribution in [2.45, 2.75) is 37.8 Å². The Morgan fingerprint density at radius 1 is 1.28 bits per heavy atom. The Morgan fingerprint density at radius 3 is 2.56 bits per heavy atom. The molecule has 4 N–H and O–H groups in total. The van der Waals surface area contributed by atoms with Crippen LogP contribution in [0.15, 0.2) is 18.2 Å². The molecule has 0 radical (unpaired) electrons. The molecule has 0 aromatic heterocycles. The van der Waals surface area contributed by atoms with Gasteiger partial charge in [-0.1, -0.05) is 17.7 Å². The number of benzene rings is 1. The maximum atomic E-state index is 11.4. The molecule has 0 heterocycles. The van der Waals surface area contributed by atoms with Crippen LogP contribution in [0.25, 0.3) is 0 Å². The summed E-state index contributed by atoms with van der Waals surface area (Å²) in [5.74, 6) is -0.0985. The van der Waals surface area contributed by atoms with E-state index in [1.54, 1.807) is 18.2 Å². The summed E-state index contributed by atoms with van der Waals surface area (Å²) < 4.78 is 5.84. The molecule has 0 unspecified atom stereocenters. The van der Waals surface area contributed by atoms with Crippen molar-refractivity contribution in [1.29, 1.82) is 0 Å². The highest BCUT2D eigenvalue weighted by Crippen LogP contribution is 2.29. The van der Waals surface area contributed by atoms with Crippen molar-refractivity contribution >= 4 is 17.5 Å². The zero-order valence-electron chi connectivity index (χ0n) is 10.1. The summed E-state index contributed by atoms with van der Waals surface area (Å²) in [6.07, 6.45) is 3.76. The minimum absolute atomic E-state index is 0.0846. The van der Waals surface area contributed by atoms with Gasteiger partial charge in [0.05, 0.1) is 16.7 Å². The molecule has 0 aliphatic heterocycles. The number of ether oxygens (including phenoxy) is 1. The number of nitrogens with two attached hydrogens (primary N) is 2. The first-order valence-electron chi connectivity index (χ1n) is 6.08. The van der Waals surface area contributed by atoms with E-state index in [1.807, 2.05) is 0 Å². The van der Waals surface area contributed by atoms with Crippen molar-refractivity contribution in [3.8, 4) is 5.75 Å². The van der Waals surface area contributed by atoms with E-state index in [1.165, 1.54) is 0 Å². The predicted octanol–water partition coefficient (Wildman–Crippen LogP) is 2.09. The Kier molecular flexibility index (Phi) is 4.09. The van der Waals surface area contributed by atoms with Gasteiger partial charge in [-0.25, -0.2) is 0 Å². The van der Waals surface area contributed by atoms with Gasteiger partial charge in [0.1, 0.15) is 5.75 Å². The highest BCUT2D eigenvalue weighted by Gasteiger charge is 2.22. The number of halogens is 1. The van der Waals surface area contributed by atoms with E-state index < -0.39 is 5.91 Å². The quantitative estimate of drug-likeness (QED) is 0.881. The van der Waals surface area contributed by atoms with E-state index in [9.17, 15) is 4.79 Å². The Labute approximate surface area is 111 Å². The lowest BCUT2D eigenvalue weighted by Gasteiger charge is -2.27. The Morgan fingerprint density at radius 2 is 1.94 bits per heavy atom. The smallest absolute Gasteiger partial charge is 0.253 e. The predicted molar refractivity (Wildman–Crippen MR) is 70.8 cm³/mol. The molecule has 18 heavy (non-hydrogen) atoms. The van der Waals surface area contributed by atoms with Crippen molar-refractivity contribution < 1.29 is 9.53 Å². The largest absolute Gasteiger partial charge is 0.490 e. The third kappa shape index (κ3) is 2.94. The van der Waals surface area contributed by atoms with Crippen LogP contribution < -0.4 is 16.2 Å². The highest BCUT2D eigenvalue weighted by molar-refractivity contribution is 6.34. The second-order valence-electron chi connectivity index (χ2n) is 4.63. The maximum Gasteiger partial charge on any atom is 0.253 e. The summed E-state index contributed by atoms with van der Waals surface area (Å²) in [5.41, 5.74) is 11.4. The lowest BCUT2D eigenvalue weighted by molar-refractivity contribution is 0.0986. The van der Waals surface area contributed by atoms with Gasteiger partial charge in [0, 0.05) is 6.04 Å². The van der Waals surface area contributed by atoms with Gasteiger partial charge in [-0.3, -0.25) is 4.79 Å². The summed E-state index contributed by atoms with van der Waals surface area (Å²) in [7, 11) is 0. The molecule has 2 rings (SSSR count). The molecule has 1 amide bonds. The zero-order valence-corrected chi connectivity index (χ0v) is 10.8. The number of amides is 1. The van der Waals surface area contributed by atoms with Crippen molar-refractivity contribution in [3.63, 3.8) is 0 Å². The van der Waals surface area contributed by atoms with Crippen LogP contribution in [-0.4, -0.2) is 18.1 Å². The lowest BCUT2D eigenvalue weighted by Crippen LogP contribution is -2.32. The average molecular weight is 269 g/mol. The number of carbonyl (C=O) groups excluding carboxylic acids is 1. The van der Waals surface area contributed by atoms with Gasteiger partial charge in [0.2, 0.25) is 0 Å². The van der Waals surface area contributed by atoms with E-state index >= 15 is 0 Å². The van der Waals surface area contributed by atoms with Crippen LogP contribution in [0.5, 0.6) is 5.75 Å². The third-order valence-corrected chi connectivity index (χ3v) is 3.55. The van der Waals surface area contributed by atoms with Crippen molar-refractivity contribution in [2.75, 3.05) is 0 Å². The van der Waals surface area contributed by atoms with Gasteiger partial charge < -0.3 is 16.2 Å². The first-order valence-corrected chi connectivity index (χ1v) is 6.46. The van der Waals surface area contributed by atoms with Crippen LogP contribution in [0.2, 0.25) is 5.02 Å². The highest BCUT2D eigenvalue weighted by atomic mass is 35.5.